The molecule has 14 heteroatoms. The van der Waals surface area contributed by atoms with Crippen LogP contribution >= 0.6 is 11.3 Å². The van der Waals surface area contributed by atoms with Gasteiger partial charge in [0.2, 0.25) is 21.8 Å². The summed E-state index contributed by atoms with van der Waals surface area (Å²) in [5.41, 5.74) is 1.78. The second kappa shape index (κ2) is 14.4. The van der Waals surface area contributed by atoms with Gasteiger partial charge in [0.1, 0.15) is 33.8 Å². The van der Waals surface area contributed by atoms with Crippen LogP contribution in [0, 0.1) is 24.7 Å². The lowest BCUT2D eigenvalue weighted by molar-refractivity contribution is -0.136. The number of thiazole rings is 1. The fourth-order valence-electron chi connectivity index (χ4n) is 7.47. The highest BCUT2D eigenvalue weighted by Crippen LogP contribution is 2.47. The number of carbonyl (C=O) groups excluding carboxylic acids is 3. The number of carbonyl (C=O) groups is 3. The van der Waals surface area contributed by atoms with E-state index in [1.165, 1.54) is 11.3 Å². The molecule has 5 atom stereocenters. The van der Waals surface area contributed by atoms with E-state index in [1.807, 2.05) is 42.7 Å². The predicted octanol–water partition coefficient (Wildman–Crippen LogP) is 5.30. The molecule has 3 heterocycles. The van der Waals surface area contributed by atoms with Gasteiger partial charge in [-0.3, -0.25) is 19.1 Å². The molecular formula is C38H47N5O7S2. The molecule has 0 saturated heterocycles. The summed E-state index contributed by atoms with van der Waals surface area (Å²) in [6.07, 6.45) is 8.65. The number of sulfonamides is 1. The molecule has 0 bridgehead atoms. The van der Waals surface area contributed by atoms with Gasteiger partial charge in [-0.1, -0.05) is 32.4 Å². The largest absolute Gasteiger partial charge is 0.496 e. The first-order chi connectivity index (χ1) is 24.9. The second-order valence-electron chi connectivity index (χ2n) is 15.0. The van der Waals surface area contributed by atoms with Crippen molar-refractivity contribution in [1.29, 1.82) is 0 Å². The summed E-state index contributed by atoms with van der Waals surface area (Å²) in [6.45, 7) is 6.63. The molecule has 278 valence electrons. The van der Waals surface area contributed by atoms with Crippen molar-refractivity contribution < 1.29 is 32.3 Å². The van der Waals surface area contributed by atoms with Gasteiger partial charge in [-0.2, -0.15) is 0 Å². The molecule has 3 saturated carbocycles. The molecule has 12 nitrogen and oxygen atoms in total. The Morgan fingerprint density at radius 1 is 1.06 bits per heavy atom. The van der Waals surface area contributed by atoms with Crippen molar-refractivity contribution in [3.63, 3.8) is 0 Å². The summed E-state index contributed by atoms with van der Waals surface area (Å²) < 4.78 is 40.2. The molecule has 0 radical (unpaired) electrons. The second-order valence-corrected chi connectivity index (χ2v) is 17.8. The highest BCUT2D eigenvalue weighted by Gasteiger charge is 2.62. The first kappa shape index (κ1) is 36.3. The van der Waals surface area contributed by atoms with Crippen molar-refractivity contribution in [2.75, 3.05) is 13.7 Å². The minimum absolute atomic E-state index is 0.228. The van der Waals surface area contributed by atoms with Gasteiger partial charge < -0.3 is 20.1 Å². The number of allylic oxidation sites excluding steroid dienone is 1. The average molecular weight is 750 g/mol. The number of nitrogens with zero attached hydrogens (tertiary/aromatic N) is 2. The highest BCUT2D eigenvalue weighted by atomic mass is 32.2. The fraction of sp³-hybridized carbons (Fsp3) is 0.553. The van der Waals surface area contributed by atoms with Crippen molar-refractivity contribution in [1.82, 2.24) is 25.3 Å². The summed E-state index contributed by atoms with van der Waals surface area (Å²) in [4.78, 5) is 51.4. The zero-order chi connectivity index (χ0) is 36.8. The molecule has 4 aliphatic rings. The molecule has 3 aromatic rings. The Morgan fingerprint density at radius 3 is 2.54 bits per heavy atom. The van der Waals surface area contributed by atoms with Crippen LogP contribution < -0.4 is 24.8 Å². The van der Waals surface area contributed by atoms with Gasteiger partial charge in [0.05, 0.1) is 35.4 Å². The third-order valence-electron chi connectivity index (χ3n) is 10.9. The van der Waals surface area contributed by atoms with Crippen molar-refractivity contribution in [3.05, 3.63) is 47.0 Å². The minimum atomic E-state index is -3.83. The van der Waals surface area contributed by atoms with Crippen LogP contribution in [0.1, 0.15) is 88.8 Å². The van der Waals surface area contributed by atoms with E-state index in [0.717, 1.165) is 47.3 Å². The van der Waals surface area contributed by atoms with E-state index in [1.54, 1.807) is 7.11 Å². The van der Waals surface area contributed by atoms with E-state index in [-0.39, 0.29) is 37.0 Å². The van der Waals surface area contributed by atoms with E-state index < -0.39 is 50.6 Å². The first-order valence-electron chi connectivity index (χ1n) is 18.3. The Hall–Kier alpha value is -4.04. The number of methoxy groups -OCH3 is 1. The lowest BCUT2D eigenvalue weighted by Crippen LogP contribution is -2.54. The lowest BCUT2D eigenvalue weighted by atomic mass is 9.93. The molecule has 0 spiro atoms. The molecule has 1 aromatic carbocycles. The zero-order valence-corrected chi connectivity index (χ0v) is 31.7. The zero-order valence-electron chi connectivity index (χ0n) is 30.1. The Labute approximate surface area is 308 Å². The summed E-state index contributed by atoms with van der Waals surface area (Å²) in [5, 5.41) is 8.97. The smallest absolute Gasteiger partial charge is 0.259 e. The molecule has 3 N–H and O–H groups in total. The van der Waals surface area contributed by atoms with Crippen LogP contribution in [-0.4, -0.2) is 66.7 Å². The van der Waals surface area contributed by atoms with Crippen molar-refractivity contribution in [2.24, 2.45) is 17.8 Å². The standard InChI is InChI=1S/C38H47N5O7S2/c1-21(2)30-20-51-36(41-30)29-18-32(26-13-14-31(49-4)22(3)33(26)40-29)50-24-16-27-28(17-24)35(45)42-38(37(46)43-52(47,48)25-11-12-25)19-23(38)10-8-6-5-7-9-15-39-34(27)44/h8,10,13-14,18,20-21,23-25,27-28H,5-7,9,11-12,15-17,19H2,1-4H3,(H,39,44)(H,42,45)(H,43,46)/t23-,24+,27?,28-,38+/m1/s1. The molecule has 3 aliphatic carbocycles. The van der Waals surface area contributed by atoms with E-state index >= 15 is 0 Å². The molecule has 1 unspecified atom stereocenters. The number of pyridine rings is 1. The van der Waals surface area contributed by atoms with E-state index in [0.29, 0.717) is 42.1 Å². The van der Waals surface area contributed by atoms with Crippen molar-refractivity contribution in [2.45, 2.75) is 101 Å². The van der Waals surface area contributed by atoms with E-state index in [9.17, 15) is 22.8 Å². The quantitative estimate of drug-likeness (QED) is 0.259. The van der Waals surface area contributed by atoms with Crippen LogP contribution in [0.2, 0.25) is 0 Å². The fourth-order valence-corrected chi connectivity index (χ4v) is 9.77. The number of fused-ring (bicyclic) bond motifs is 3. The number of amides is 3. The molecule has 2 aromatic heterocycles. The summed E-state index contributed by atoms with van der Waals surface area (Å²) in [5.74, 6) is -1.75. The maximum Gasteiger partial charge on any atom is 0.259 e. The Morgan fingerprint density at radius 2 is 1.83 bits per heavy atom. The number of hydrogen-bond acceptors (Lipinski definition) is 10. The SMILES string of the molecule is COc1ccc2c(O[C@H]3CC4C(=O)NCCCCCC=C[C@@H]5C[C@]5(C(=O)NS(=O)(=O)C5CC5)NC(=O)[C@@H]4C3)cc(-c3nc(C(C)C)cs3)nc2c1C. The summed E-state index contributed by atoms with van der Waals surface area (Å²) in [7, 11) is -2.21. The summed E-state index contributed by atoms with van der Waals surface area (Å²) in [6, 6.07) is 5.65. The van der Waals surface area contributed by atoms with Crippen molar-refractivity contribution >= 4 is 50.0 Å². The minimum Gasteiger partial charge on any atom is -0.496 e. The van der Waals surface area contributed by atoms with Crippen LogP contribution in [0.4, 0.5) is 0 Å². The molecule has 3 fully saturated rings. The highest BCUT2D eigenvalue weighted by molar-refractivity contribution is 7.91. The van der Waals surface area contributed by atoms with Crippen LogP contribution in [0.25, 0.3) is 21.6 Å². The number of aromatic nitrogens is 2. The van der Waals surface area contributed by atoms with Crippen LogP contribution in [0.15, 0.2) is 35.7 Å². The number of benzene rings is 1. The average Bonchev–Trinajstić information content (AvgIpc) is 3.98. The number of hydrogen-bond donors (Lipinski definition) is 3. The lowest BCUT2D eigenvalue weighted by Gasteiger charge is -2.23. The van der Waals surface area contributed by atoms with Gasteiger partial charge in [-0.15, -0.1) is 11.3 Å². The topological polar surface area (TPSA) is 166 Å². The monoisotopic (exact) mass is 749 g/mol. The number of nitrogens with one attached hydrogen (secondary N) is 3. The number of rotatable bonds is 8. The van der Waals surface area contributed by atoms with Crippen LogP contribution in [-0.2, 0) is 24.4 Å². The molecule has 3 amide bonds. The number of ether oxygens (including phenoxy) is 2. The van der Waals surface area contributed by atoms with Gasteiger partial charge >= 0.3 is 0 Å². The Bertz CT molecular complexity index is 2020. The third-order valence-corrected chi connectivity index (χ3v) is 13.6. The van der Waals surface area contributed by atoms with Gasteiger partial charge in [-0.05, 0) is 76.3 Å². The molecular weight excluding hydrogens is 703 g/mol. The normalized spacial score (nSPS) is 26.8. The Kier molecular flexibility index (Phi) is 10.1. The van der Waals surface area contributed by atoms with Crippen LogP contribution in [0.3, 0.4) is 0 Å². The van der Waals surface area contributed by atoms with Gasteiger partial charge in [0, 0.05) is 34.9 Å². The molecule has 7 rings (SSSR count). The van der Waals surface area contributed by atoms with Gasteiger partial charge in [0.25, 0.3) is 5.91 Å². The van der Waals surface area contributed by atoms with E-state index in [2.05, 4.69) is 29.2 Å². The maximum atomic E-state index is 14.2. The maximum absolute atomic E-state index is 14.2. The van der Waals surface area contributed by atoms with Gasteiger partial charge in [0.15, 0.2) is 0 Å². The Balaban J connectivity index is 1.20. The van der Waals surface area contributed by atoms with Crippen LogP contribution in [0.5, 0.6) is 11.5 Å². The molecule has 1 aliphatic heterocycles. The molecule has 52 heavy (non-hydrogen) atoms. The third kappa shape index (κ3) is 7.28. The van der Waals surface area contributed by atoms with Gasteiger partial charge in [-0.25, -0.2) is 18.4 Å². The van der Waals surface area contributed by atoms with Crippen molar-refractivity contribution in [3.8, 4) is 22.2 Å². The number of aryl methyl sites for hydroxylation is 1. The predicted molar refractivity (Wildman–Crippen MR) is 199 cm³/mol. The van der Waals surface area contributed by atoms with E-state index in [4.69, 9.17) is 19.4 Å². The first-order valence-corrected chi connectivity index (χ1v) is 20.8. The summed E-state index contributed by atoms with van der Waals surface area (Å²) >= 11 is 1.51.